The van der Waals surface area contributed by atoms with Crippen molar-refractivity contribution in [3.8, 4) is 0 Å². The molecule has 0 bridgehead atoms. The lowest BCUT2D eigenvalue weighted by Crippen LogP contribution is -2.37. The quantitative estimate of drug-likeness (QED) is 0.735. The van der Waals surface area contributed by atoms with Crippen molar-refractivity contribution in [1.82, 2.24) is 10.6 Å². The molecule has 0 aromatic heterocycles. The molecule has 0 spiro atoms. The van der Waals surface area contributed by atoms with Crippen molar-refractivity contribution in [3.05, 3.63) is 0 Å². The van der Waals surface area contributed by atoms with E-state index >= 15 is 0 Å². The molecule has 2 fully saturated rings. The minimum Gasteiger partial charge on any atom is -0.381 e. The van der Waals surface area contributed by atoms with Gasteiger partial charge in [0, 0.05) is 25.8 Å². The first kappa shape index (κ1) is 11.9. The summed E-state index contributed by atoms with van der Waals surface area (Å²) < 4.78 is 5.31. The molecule has 0 aliphatic carbocycles. The zero-order valence-electron chi connectivity index (χ0n) is 10.00. The summed E-state index contributed by atoms with van der Waals surface area (Å²) in [5, 5.41) is 6.35. The van der Waals surface area contributed by atoms with Crippen molar-refractivity contribution < 1.29 is 9.53 Å². The van der Waals surface area contributed by atoms with Gasteiger partial charge in [-0.1, -0.05) is 0 Å². The highest BCUT2D eigenvalue weighted by atomic mass is 16.5. The third-order valence-corrected chi connectivity index (χ3v) is 3.74. The topological polar surface area (TPSA) is 50.4 Å². The van der Waals surface area contributed by atoms with Crippen LogP contribution >= 0.6 is 0 Å². The summed E-state index contributed by atoms with van der Waals surface area (Å²) in [7, 11) is 0. The summed E-state index contributed by atoms with van der Waals surface area (Å²) in [6.45, 7) is 5.62. The first-order valence-corrected chi connectivity index (χ1v) is 6.36. The Hall–Kier alpha value is -0.610. The lowest BCUT2D eigenvalue weighted by atomic mass is 10.0. The summed E-state index contributed by atoms with van der Waals surface area (Å²) >= 11 is 0. The third-order valence-electron chi connectivity index (χ3n) is 3.74. The summed E-state index contributed by atoms with van der Waals surface area (Å²) in [6, 6.07) is 0.329. The van der Waals surface area contributed by atoms with Crippen molar-refractivity contribution in [2.75, 3.05) is 26.3 Å². The molecule has 2 rings (SSSR count). The van der Waals surface area contributed by atoms with Crippen molar-refractivity contribution >= 4 is 5.91 Å². The molecule has 0 saturated carbocycles. The van der Waals surface area contributed by atoms with Crippen molar-refractivity contribution in [1.29, 1.82) is 0 Å². The minimum absolute atomic E-state index is 0.167. The summed E-state index contributed by atoms with van der Waals surface area (Å²) in [5.74, 6) is 1.04. The molecule has 1 amide bonds. The van der Waals surface area contributed by atoms with Gasteiger partial charge in [0.2, 0.25) is 5.91 Å². The van der Waals surface area contributed by atoms with Gasteiger partial charge in [0.1, 0.15) is 0 Å². The molecule has 92 valence electrons. The van der Waals surface area contributed by atoms with E-state index in [0.29, 0.717) is 12.0 Å². The van der Waals surface area contributed by atoms with Gasteiger partial charge < -0.3 is 15.4 Å². The van der Waals surface area contributed by atoms with Crippen molar-refractivity contribution in [3.63, 3.8) is 0 Å². The number of nitrogens with one attached hydrogen (secondary N) is 2. The Bertz CT molecular complexity index is 239. The molecular weight excluding hydrogens is 204 g/mol. The zero-order valence-corrected chi connectivity index (χ0v) is 10.00. The highest BCUT2D eigenvalue weighted by Gasteiger charge is 2.29. The molecule has 2 heterocycles. The predicted molar refractivity (Wildman–Crippen MR) is 62.1 cm³/mol. The number of hydrogen-bond donors (Lipinski definition) is 2. The van der Waals surface area contributed by atoms with Gasteiger partial charge in [0.15, 0.2) is 0 Å². The second-order valence-corrected chi connectivity index (χ2v) is 4.95. The number of hydrogen-bond acceptors (Lipinski definition) is 3. The summed E-state index contributed by atoms with van der Waals surface area (Å²) in [5.41, 5.74) is 0. The highest BCUT2D eigenvalue weighted by molar-refractivity contribution is 5.79. The number of carbonyl (C=O) groups is 1. The fraction of sp³-hybridized carbons (Fsp3) is 0.917. The van der Waals surface area contributed by atoms with Crippen LogP contribution in [0.2, 0.25) is 0 Å². The van der Waals surface area contributed by atoms with E-state index in [9.17, 15) is 4.79 Å². The van der Waals surface area contributed by atoms with E-state index in [2.05, 4.69) is 17.6 Å². The van der Waals surface area contributed by atoms with Gasteiger partial charge >= 0.3 is 0 Å². The third kappa shape index (κ3) is 2.95. The summed E-state index contributed by atoms with van der Waals surface area (Å²) in [4.78, 5) is 11.8. The normalized spacial score (nSPS) is 34.2. The first-order valence-electron chi connectivity index (χ1n) is 6.36. The molecule has 16 heavy (non-hydrogen) atoms. The smallest absolute Gasteiger partial charge is 0.224 e. The fourth-order valence-corrected chi connectivity index (χ4v) is 2.56. The van der Waals surface area contributed by atoms with Crippen molar-refractivity contribution in [2.45, 2.75) is 32.2 Å². The Kier molecular flexibility index (Phi) is 4.18. The van der Waals surface area contributed by atoms with Crippen LogP contribution in [-0.2, 0) is 9.53 Å². The Morgan fingerprint density at radius 2 is 2.38 bits per heavy atom. The largest absolute Gasteiger partial charge is 0.381 e. The molecule has 4 heteroatoms. The van der Waals surface area contributed by atoms with Gasteiger partial charge in [0.25, 0.3) is 0 Å². The Labute approximate surface area is 97.1 Å². The molecular formula is C12H22N2O2. The van der Waals surface area contributed by atoms with E-state index in [1.54, 1.807) is 0 Å². The van der Waals surface area contributed by atoms with Gasteiger partial charge in [-0.05, 0) is 38.6 Å². The molecule has 0 radical (unpaired) electrons. The lowest BCUT2D eigenvalue weighted by molar-refractivity contribution is -0.125. The molecule has 3 unspecified atom stereocenters. The molecule has 0 aromatic rings. The average molecular weight is 226 g/mol. The predicted octanol–water partition coefficient (Wildman–Crippen LogP) is 0.527. The number of ether oxygens (including phenoxy) is 1. The maximum atomic E-state index is 11.8. The number of carbonyl (C=O) groups excluding carboxylic acids is 1. The van der Waals surface area contributed by atoms with Crippen LogP contribution < -0.4 is 10.6 Å². The molecule has 2 aliphatic heterocycles. The number of rotatable bonds is 4. The Morgan fingerprint density at radius 3 is 3.00 bits per heavy atom. The molecule has 2 N–H and O–H groups in total. The minimum atomic E-state index is 0.167. The fourth-order valence-electron chi connectivity index (χ4n) is 2.56. The standard InChI is InChI=1S/C12H22N2O2/c1-9-11(3-6-13-9)12(15)14-5-2-10-4-7-16-8-10/h9-11,13H,2-8H2,1H3,(H,14,15). The zero-order chi connectivity index (χ0) is 11.4. The van der Waals surface area contributed by atoms with Gasteiger partial charge in [0.05, 0.1) is 5.92 Å². The maximum absolute atomic E-state index is 11.8. The summed E-state index contributed by atoms with van der Waals surface area (Å²) in [6.07, 6.45) is 3.18. The van der Waals surface area contributed by atoms with E-state index in [-0.39, 0.29) is 11.8 Å². The van der Waals surface area contributed by atoms with Gasteiger partial charge in [-0.25, -0.2) is 0 Å². The number of amides is 1. The SMILES string of the molecule is CC1NCCC1C(=O)NCCC1CCOC1. The van der Waals surface area contributed by atoms with Crippen LogP contribution in [0.25, 0.3) is 0 Å². The first-order chi connectivity index (χ1) is 7.77. The molecule has 2 aliphatic rings. The van der Waals surface area contributed by atoms with E-state index in [1.807, 2.05) is 0 Å². The van der Waals surface area contributed by atoms with Gasteiger partial charge in [-0.2, -0.15) is 0 Å². The second-order valence-electron chi connectivity index (χ2n) is 4.95. The van der Waals surface area contributed by atoms with E-state index < -0.39 is 0 Å². The van der Waals surface area contributed by atoms with Crippen LogP contribution in [-0.4, -0.2) is 38.3 Å². The van der Waals surface area contributed by atoms with Crippen LogP contribution in [0.15, 0.2) is 0 Å². The Morgan fingerprint density at radius 1 is 1.50 bits per heavy atom. The van der Waals surface area contributed by atoms with Crippen LogP contribution in [0.3, 0.4) is 0 Å². The van der Waals surface area contributed by atoms with Crippen molar-refractivity contribution in [2.24, 2.45) is 11.8 Å². The monoisotopic (exact) mass is 226 g/mol. The molecule has 4 nitrogen and oxygen atoms in total. The van der Waals surface area contributed by atoms with Gasteiger partial charge in [-0.3, -0.25) is 4.79 Å². The second kappa shape index (κ2) is 5.64. The average Bonchev–Trinajstić information content (AvgIpc) is 2.88. The molecule has 3 atom stereocenters. The van der Waals surface area contributed by atoms with Crippen LogP contribution in [0.5, 0.6) is 0 Å². The highest BCUT2D eigenvalue weighted by Crippen LogP contribution is 2.17. The Balaban J connectivity index is 1.63. The van der Waals surface area contributed by atoms with Crippen LogP contribution in [0, 0.1) is 11.8 Å². The molecule has 2 saturated heterocycles. The van der Waals surface area contributed by atoms with E-state index in [0.717, 1.165) is 45.6 Å². The van der Waals surface area contributed by atoms with E-state index in [1.165, 1.54) is 0 Å². The lowest BCUT2D eigenvalue weighted by Gasteiger charge is -2.15. The molecule has 0 aromatic carbocycles. The van der Waals surface area contributed by atoms with Crippen LogP contribution in [0.1, 0.15) is 26.2 Å². The maximum Gasteiger partial charge on any atom is 0.224 e. The van der Waals surface area contributed by atoms with Gasteiger partial charge in [-0.15, -0.1) is 0 Å². The van der Waals surface area contributed by atoms with Crippen LogP contribution in [0.4, 0.5) is 0 Å². The van der Waals surface area contributed by atoms with E-state index in [4.69, 9.17) is 4.74 Å².